The van der Waals surface area contributed by atoms with Crippen LogP contribution < -0.4 is 5.56 Å². The Labute approximate surface area is 92.2 Å². The fourth-order valence-electron chi connectivity index (χ4n) is 1.61. The highest BCUT2D eigenvalue weighted by molar-refractivity contribution is 6.35. The summed E-state index contributed by atoms with van der Waals surface area (Å²) in [6.45, 7) is 3.70. The maximum atomic E-state index is 11.2. The van der Waals surface area contributed by atoms with E-state index in [1.165, 1.54) is 6.07 Å². The van der Waals surface area contributed by atoms with E-state index in [1.54, 1.807) is 12.1 Å². The minimum absolute atomic E-state index is 0.139. The lowest BCUT2D eigenvalue weighted by Gasteiger charge is -2.05. The molecule has 0 radical (unpaired) electrons. The lowest BCUT2D eigenvalue weighted by molar-refractivity contribution is 1.26. The molecule has 0 unspecified atom stereocenters. The van der Waals surface area contributed by atoms with E-state index in [4.69, 9.17) is 11.6 Å². The van der Waals surface area contributed by atoms with Crippen LogP contribution in [0, 0.1) is 0 Å². The van der Waals surface area contributed by atoms with Gasteiger partial charge in [-0.1, -0.05) is 23.7 Å². The molecule has 1 aromatic carbocycles. The standard InChI is InChI=1S/C12H10ClNO/c1-2-3-8-4-6-10(13)12-9(8)5-7-11(15)14-12/h2,4-7H,1,3H2,(H,14,15). The lowest BCUT2D eigenvalue weighted by Crippen LogP contribution is -2.03. The van der Waals surface area contributed by atoms with E-state index in [0.29, 0.717) is 10.5 Å². The summed E-state index contributed by atoms with van der Waals surface area (Å²) in [4.78, 5) is 13.9. The van der Waals surface area contributed by atoms with Gasteiger partial charge in [-0.2, -0.15) is 0 Å². The number of rotatable bonds is 2. The van der Waals surface area contributed by atoms with Crippen LogP contribution in [-0.4, -0.2) is 4.98 Å². The molecular formula is C12H10ClNO. The molecule has 2 nitrogen and oxygen atoms in total. The van der Waals surface area contributed by atoms with E-state index in [9.17, 15) is 4.79 Å². The highest BCUT2D eigenvalue weighted by Gasteiger charge is 2.04. The third kappa shape index (κ3) is 1.81. The Morgan fingerprint density at radius 2 is 2.13 bits per heavy atom. The summed E-state index contributed by atoms with van der Waals surface area (Å²) in [7, 11) is 0. The maximum absolute atomic E-state index is 11.2. The number of hydrogen-bond donors (Lipinski definition) is 1. The Morgan fingerprint density at radius 1 is 1.33 bits per heavy atom. The highest BCUT2D eigenvalue weighted by Crippen LogP contribution is 2.23. The number of allylic oxidation sites excluding steroid dienone is 1. The van der Waals surface area contributed by atoms with Crippen LogP contribution in [0.4, 0.5) is 0 Å². The summed E-state index contributed by atoms with van der Waals surface area (Å²) < 4.78 is 0. The monoisotopic (exact) mass is 219 g/mol. The zero-order valence-corrected chi connectivity index (χ0v) is 8.84. The van der Waals surface area contributed by atoms with Crippen molar-refractivity contribution in [3.05, 3.63) is 57.9 Å². The van der Waals surface area contributed by atoms with E-state index in [2.05, 4.69) is 11.6 Å². The summed E-state index contributed by atoms with van der Waals surface area (Å²) >= 11 is 6.01. The fraction of sp³-hybridized carbons (Fsp3) is 0.0833. The number of H-pyrrole nitrogens is 1. The Bertz CT molecular complexity index is 571. The van der Waals surface area contributed by atoms with Crippen molar-refractivity contribution >= 4 is 22.5 Å². The van der Waals surface area contributed by atoms with E-state index in [-0.39, 0.29) is 5.56 Å². The van der Waals surface area contributed by atoms with Crippen LogP contribution in [-0.2, 0) is 6.42 Å². The van der Waals surface area contributed by atoms with Gasteiger partial charge in [0.15, 0.2) is 0 Å². The summed E-state index contributed by atoms with van der Waals surface area (Å²) in [6, 6.07) is 7.04. The molecule has 76 valence electrons. The second kappa shape index (κ2) is 3.91. The van der Waals surface area contributed by atoms with Gasteiger partial charge in [0.2, 0.25) is 5.56 Å². The van der Waals surface area contributed by atoms with Crippen LogP contribution in [0.3, 0.4) is 0 Å². The van der Waals surface area contributed by atoms with Gasteiger partial charge in [-0.05, 0) is 24.1 Å². The highest BCUT2D eigenvalue weighted by atomic mass is 35.5. The number of nitrogens with one attached hydrogen (secondary N) is 1. The van der Waals surface area contributed by atoms with Crippen LogP contribution in [0.15, 0.2) is 41.7 Å². The molecule has 15 heavy (non-hydrogen) atoms. The molecule has 1 aromatic heterocycles. The topological polar surface area (TPSA) is 32.9 Å². The average molecular weight is 220 g/mol. The van der Waals surface area contributed by atoms with Gasteiger partial charge in [0, 0.05) is 11.5 Å². The molecule has 3 heteroatoms. The summed E-state index contributed by atoms with van der Waals surface area (Å²) in [5.41, 5.74) is 1.67. The number of aromatic nitrogens is 1. The SMILES string of the molecule is C=CCc1ccc(Cl)c2[nH]c(=O)ccc12. The third-order valence-electron chi connectivity index (χ3n) is 2.30. The number of hydrogen-bond acceptors (Lipinski definition) is 1. The van der Waals surface area contributed by atoms with E-state index in [0.717, 1.165) is 17.4 Å². The number of halogens is 1. The summed E-state index contributed by atoms with van der Waals surface area (Å²) in [5, 5.41) is 1.54. The van der Waals surface area contributed by atoms with Gasteiger partial charge < -0.3 is 4.98 Å². The minimum atomic E-state index is -0.139. The normalized spacial score (nSPS) is 10.5. The predicted octanol–water partition coefficient (Wildman–Crippen LogP) is 2.91. The van der Waals surface area contributed by atoms with Crippen molar-refractivity contribution in [1.29, 1.82) is 0 Å². The van der Waals surface area contributed by atoms with Crippen LogP contribution in [0.25, 0.3) is 10.9 Å². The Balaban J connectivity index is 2.81. The second-order valence-corrected chi connectivity index (χ2v) is 3.72. The van der Waals surface area contributed by atoms with Gasteiger partial charge in [0.05, 0.1) is 10.5 Å². The van der Waals surface area contributed by atoms with Crippen molar-refractivity contribution in [3.8, 4) is 0 Å². The van der Waals surface area contributed by atoms with Crippen LogP contribution in [0.2, 0.25) is 5.02 Å². The molecule has 1 N–H and O–H groups in total. The molecule has 0 saturated heterocycles. The van der Waals surface area contributed by atoms with Crippen molar-refractivity contribution in [2.24, 2.45) is 0 Å². The smallest absolute Gasteiger partial charge is 0.248 e. The number of fused-ring (bicyclic) bond motifs is 1. The molecule has 0 spiro atoms. The number of benzene rings is 1. The first-order valence-corrected chi connectivity index (χ1v) is 5.01. The van der Waals surface area contributed by atoms with Crippen molar-refractivity contribution in [2.45, 2.75) is 6.42 Å². The van der Waals surface area contributed by atoms with E-state index < -0.39 is 0 Å². The van der Waals surface area contributed by atoms with Gasteiger partial charge >= 0.3 is 0 Å². The molecule has 0 aliphatic rings. The van der Waals surface area contributed by atoms with Gasteiger partial charge in [-0.3, -0.25) is 4.79 Å². The molecular weight excluding hydrogens is 210 g/mol. The van der Waals surface area contributed by atoms with Crippen molar-refractivity contribution in [3.63, 3.8) is 0 Å². The zero-order chi connectivity index (χ0) is 10.8. The summed E-state index contributed by atoms with van der Waals surface area (Å²) in [6.07, 6.45) is 2.59. The first-order valence-electron chi connectivity index (χ1n) is 4.63. The second-order valence-electron chi connectivity index (χ2n) is 3.31. The van der Waals surface area contributed by atoms with Gasteiger partial charge in [0.25, 0.3) is 0 Å². The van der Waals surface area contributed by atoms with E-state index in [1.807, 2.05) is 12.1 Å². The van der Waals surface area contributed by atoms with Crippen LogP contribution >= 0.6 is 11.6 Å². The molecule has 0 amide bonds. The molecule has 2 aromatic rings. The molecule has 0 bridgehead atoms. The summed E-state index contributed by atoms with van der Waals surface area (Å²) in [5.74, 6) is 0. The van der Waals surface area contributed by atoms with Gasteiger partial charge in [-0.25, -0.2) is 0 Å². The molecule has 0 aliphatic heterocycles. The third-order valence-corrected chi connectivity index (χ3v) is 2.61. The molecule has 0 aliphatic carbocycles. The van der Waals surface area contributed by atoms with Crippen LogP contribution in [0.5, 0.6) is 0 Å². The molecule has 2 rings (SSSR count). The lowest BCUT2D eigenvalue weighted by atomic mass is 10.1. The van der Waals surface area contributed by atoms with Crippen molar-refractivity contribution < 1.29 is 0 Å². The Morgan fingerprint density at radius 3 is 2.87 bits per heavy atom. The molecule has 0 saturated carbocycles. The quantitative estimate of drug-likeness (QED) is 0.774. The number of aromatic amines is 1. The molecule has 0 atom stereocenters. The van der Waals surface area contributed by atoms with Crippen molar-refractivity contribution in [2.75, 3.05) is 0 Å². The van der Waals surface area contributed by atoms with Gasteiger partial charge in [-0.15, -0.1) is 6.58 Å². The first-order chi connectivity index (χ1) is 7.22. The van der Waals surface area contributed by atoms with Crippen LogP contribution in [0.1, 0.15) is 5.56 Å². The average Bonchev–Trinajstić information content (AvgIpc) is 2.23. The zero-order valence-electron chi connectivity index (χ0n) is 8.09. The number of pyridine rings is 1. The van der Waals surface area contributed by atoms with Gasteiger partial charge in [0.1, 0.15) is 0 Å². The first kappa shape index (κ1) is 9.99. The molecule has 0 fully saturated rings. The fourth-order valence-corrected chi connectivity index (χ4v) is 1.82. The largest absolute Gasteiger partial charge is 0.321 e. The predicted molar refractivity (Wildman–Crippen MR) is 63.5 cm³/mol. The Hall–Kier alpha value is -1.54. The molecule has 1 heterocycles. The Kier molecular flexibility index (Phi) is 2.60. The minimum Gasteiger partial charge on any atom is -0.321 e. The van der Waals surface area contributed by atoms with E-state index >= 15 is 0 Å². The van der Waals surface area contributed by atoms with Crippen molar-refractivity contribution in [1.82, 2.24) is 4.98 Å². The maximum Gasteiger partial charge on any atom is 0.248 e.